The Kier molecular flexibility index (Phi) is 6.30. The molecule has 0 radical (unpaired) electrons. The van der Waals surface area contributed by atoms with Gasteiger partial charge in [0.2, 0.25) is 11.8 Å². The van der Waals surface area contributed by atoms with Crippen molar-refractivity contribution in [3.63, 3.8) is 0 Å². The third-order valence-electron chi connectivity index (χ3n) is 3.89. The van der Waals surface area contributed by atoms with E-state index in [2.05, 4.69) is 11.4 Å². The average Bonchev–Trinajstić information content (AvgIpc) is 2.62. The average molecular weight is 335 g/mol. The second-order valence-corrected chi connectivity index (χ2v) is 5.93. The van der Waals surface area contributed by atoms with E-state index in [9.17, 15) is 9.59 Å². The number of nitrogens with one attached hydrogen (secondary N) is 1. The molecule has 2 rings (SSSR count). The van der Waals surface area contributed by atoms with Crippen molar-refractivity contribution < 1.29 is 9.59 Å². The number of nitriles is 1. The Labute approximate surface area is 147 Å². The summed E-state index contributed by atoms with van der Waals surface area (Å²) in [5.41, 5.74) is 2.44. The van der Waals surface area contributed by atoms with Gasteiger partial charge in [0.1, 0.15) is 0 Å². The van der Waals surface area contributed by atoms with Crippen molar-refractivity contribution in [2.75, 3.05) is 7.05 Å². The number of carbonyl (C=O) groups excluding carboxylic acids is 2. The van der Waals surface area contributed by atoms with Gasteiger partial charge >= 0.3 is 0 Å². The number of amides is 2. The van der Waals surface area contributed by atoms with Crippen LogP contribution in [0.5, 0.6) is 0 Å². The van der Waals surface area contributed by atoms with E-state index in [4.69, 9.17) is 5.26 Å². The van der Waals surface area contributed by atoms with Crippen molar-refractivity contribution in [3.05, 3.63) is 71.3 Å². The topological polar surface area (TPSA) is 73.2 Å². The maximum atomic E-state index is 12.6. The van der Waals surface area contributed by atoms with Gasteiger partial charge in [-0.15, -0.1) is 0 Å². The van der Waals surface area contributed by atoms with E-state index >= 15 is 0 Å². The van der Waals surface area contributed by atoms with Gasteiger partial charge in [-0.1, -0.05) is 42.5 Å². The maximum Gasteiger partial charge on any atom is 0.225 e. The van der Waals surface area contributed by atoms with Gasteiger partial charge in [-0.05, 0) is 23.3 Å². The second-order valence-electron chi connectivity index (χ2n) is 5.93. The van der Waals surface area contributed by atoms with E-state index in [1.807, 2.05) is 42.5 Å². The van der Waals surface area contributed by atoms with Crippen molar-refractivity contribution in [2.24, 2.45) is 0 Å². The van der Waals surface area contributed by atoms with Crippen LogP contribution in [0.3, 0.4) is 0 Å². The lowest BCUT2D eigenvalue weighted by atomic mass is 10.0. The predicted octanol–water partition coefficient (Wildman–Crippen LogP) is 2.78. The van der Waals surface area contributed by atoms with E-state index in [0.29, 0.717) is 12.1 Å². The van der Waals surface area contributed by atoms with Gasteiger partial charge in [-0.3, -0.25) is 9.59 Å². The number of hydrogen-bond donors (Lipinski definition) is 1. The van der Waals surface area contributed by atoms with Crippen LogP contribution in [0.15, 0.2) is 54.6 Å². The fourth-order valence-electron chi connectivity index (χ4n) is 2.56. The minimum atomic E-state index is -0.352. The van der Waals surface area contributed by atoms with Crippen LogP contribution < -0.4 is 5.32 Å². The third kappa shape index (κ3) is 5.47. The molecule has 5 nitrogen and oxygen atoms in total. The zero-order valence-electron chi connectivity index (χ0n) is 14.4. The molecule has 5 heteroatoms. The summed E-state index contributed by atoms with van der Waals surface area (Å²) >= 11 is 0. The Morgan fingerprint density at radius 2 is 1.76 bits per heavy atom. The van der Waals surface area contributed by atoms with Gasteiger partial charge in [0, 0.05) is 20.5 Å². The smallest absolute Gasteiger partial charge is 0.225 e. The molecule has 128 valence electrons. The number of carbonyl (C=O) groups is 2. The molecule has 0 heterocycles. The molecule has 0 saturated heterocycles. The zero-order valence-corrected chi connectivity index (χ0v) is 14.4. The molecule has 0 aliphatic rings. The lowest BCUT2D eigenvalue weighted by Gasteiger charge is -2.22. The first-order chi connectivity index (χ1) is 12.0. The molecular weight excluding hydrogens is 314 g/mol. The molecule has 0 aliphatic carbocycles. The van der Waals surface area contributed by atoms with Crippen LogP contribution >= 0.6 is 0 Å². The minimum absolute atomic E-state index is 0.0630. The first-order valence-electron chi connectivity index (χ1n) is 8.04. The van der Waals surface area contributed by atoms with Gasteiger partial charge < -0.3 is 10.2 Å². The van der Waals surface area contributed by atoms with Crippen LogP contribution in [0.2, 0.25) is 0 Å². The van der Waals surface area contributed by atoms with E-state index in [-0.39, 0.29) is 24.3 Å². The molecule has 2 amide bonds. The van der Waals surface area contributed by atoms with E-state index in [1.54, 1.807) is 24.1 Å². The van der Waals surface area contributed by atoms with Gasteiger partial charge in [0.05, 0.1) is 24.1 Å². The highest BCUT2D eigenvalue weighted by molar-refractivity contribution is 5.79. The Balaban J connectivity index is 2.03. The second kappa shape index (κ2) is 8.65. The van der Waals surface area contributed by atoms with Crippen LogP contribution in [-0.4, -0.2) is 23.8 Å². The molecule has 25 heavy (non-hydrogen) atoms. The lowest BCUT2D eigenvalue weighted by Crippen LogP contribution is -2.33. The number of benzene rings is 2. The molecule has 1 atom stereocenters. The highest BCUT2D eigenvalue weighted by Gasteiger charge is 2.19. The fraction of sp³-hybridized carbons (Fsp3) is 0.250. The standard InChI is InChI=1S/C20H21N3O2/c1-15(24)22-19(18-6-4-3-5-7-18)12-20(25)23(2)14-17-10-8-16(13-21)9-11-17/h3-11,19H,12,14H2,1-2H3,(H,22,24). The highest BCUT2D eigenvalue weighted by Crippen LogP contribution is 2.18. The van der Waals surface area contributed by atoms with Crippen LogP contribution in [0.4, 0.5) is 0 Å². The minimum Gasteiger partial charge on any atom is -0.349 e. The lowest BCUT2D eigenvalue weighted by molar-refractivity contribution is -0.131. The van der Waals surface area contributed by atoms with Gasteiger partial charge in [0.25, 0.3) is 0 Å². The number of rotatable bonds is 6. The largest absolute Gasteiger partial charge is 0.349 e. The van der Waals surface area contributed by atoms with Gasteiger partial charge in [-0.25, -0.2) is 0 Å². The molecule has 0 bridgehead atoms. The fourth-order valence-corrected chi connectivity index (χ4v) is 2.56. The summed E-state index contributed by atoms with van der Waals surface area (Å²) < 4.78 is 0. The maximum absolute atomic E-state index is 12.6. The normalized spacial score (nSPS) is 11.2. The summed E-state index contributed by atoms with van der Waals surface area (Å²) in [5, 5.41) is 11.7. The van der Waals surface area contributed by atoms with Crippen LogP contribution in [0.1, 0.15) is 36.1 Å². The molecule has 2 aromatic rings. The molecule has 0 aromatic heterocycles. The predicted molar refractivity (Wildman–Crippen MR) is 95.2 cm³/mol. The molecule has 2 aromatic carbocycles. The first-order valence-corrected chi connectivity index (χ1v) is 8.04. The van der Waals surface area contributed by atoms with E-state index in [0.717, 1.165) is 11.1 Å². The summed E-state index contributed by atoms with van der Waals surface area (Å²) in [4.78, 5) is 25.7. The van der Waals surface area contributed by atoms with Crippen molar-refractivity contribution in [3.8, 4) is 6.07 Å². The Morgan fingerprint density at radius 3 is 2.32 bits per heavy atom. The molecule has 0 fully saturated rings. The molecule has 0 aliphatic heterocycles. The summed E-state index contributed by atoms with van der Waals surface area (Å²) in [6.45, 7) is 1.90. The highest BCUT2D eigenvalue weighted by atomic mass is 16.2. The van der Waals surface area contributed by atoms with Crippen LogP contribution in [0.25, 0.3) is 0 Å². The Morgan fingerprint density at radius 1 is 1.12 bits per heavy atom. The monoisotopic (exact) mass is 335 g/mol. The van der Waals surface area contributed by atoms with Crippen molar-refractivity contribution in [2.45, 2.75) is 25.9 Å². The van der Waals surface area contributed by atoms with Gasteiger partial charge in [-0.2, -0.15) is 5.26 Å². The van der Waals surface area contributed by atoms with E-state index in [1.165, 1.54) is 6.92 Å². The summed E-state index contributed by atoms with van der Waals surface area (Å²) in [6, 6.07) is 18.3. The quantitative estimate of drug-likeness (QED) is 0.882. The molecule has 0 saturated carbocycles. The Hall–Kier alpha value is -3.13. The number of hydrogen-bond acceptors (Lipinski definition) is 3. The SMILES string of the molecule is CC(=O)NC(CC(=O)N(C)Cc1ccc(C#N)cc1)c1ccccc1. The van der Waals surface area contributed by atoms with Crippen molar-refractivity contribution >= 4 is 11.8 Å². The summed E-state index contributed by atoms with van der Waals surface area (Å²) in [5.74, 6) is -0.233. The molecule has 1 N–H and O–H groups in total. The van der Waals surface area contributed by atoms with Crippen molar-refractivity contribution in [1.29, 1.82) is 5.26 Å². The number of nitrogens with zero attached hydrogens (tertiary/aromatic N) is 2. The van der Waals surface area contributed by atoms with Crippen LogP contribution in [0, 0.1) is 11.3 Å². The third-order valence-corrected chi connectivity index (χ3v) is 3.89. The molecule has 0 spiro atoms. The van der Waals surface area contributed by atoms with E-state index < -0.39 is 0 Å². The Bertz CT molecular complexity index is 764. The summed E-state index contributed by atoms with van der Waals surface area (Å²) in [6.07, 6.45) is 0.191. The van der Waals surface area contributed by atoms with Gasteiger partial charge in [0.15, 0.2) is 0 Å². The molecule has 1 unspecified atom stereocenters. The zero-order chi connectivity index (χ0) is 18.2. The first kappa shape index (κ1) is 18.2. The van der Waals surface area contributed by atoms with Crippen molar-refractivity contribution in [1.82, 2.24) is 10.2 Å². The van der Waals surface area contributed by atoms with Crippen LogP contribution in [-0.2, 0) is 16.1 Å². The molecular formula is C20H21N3O2. The summed E-state index contributed by atoms with van der Waals surface area (Å²) in [7, 11) is 1.73.